The van der Waals surface area contributed by atoms with Crippen LogP contribution in [0.3, 0.4) is 0 Å². The van der Waals surface area contributed by atoms with Crippen molar-refractivity contribution in [2.75, 3.05) is 49.2 Å². The zero-order chi connectivity index (χ0) is 29.3. The van der Waals surface area contributed by atoms with Crippen molar-refractivity contribution in [2.24, 2.45) is 5.41 Å². The number of amides is 1. The van der Waals surface area contributed by atoms with E-state index in [1.807, 2.05) is 33.8 Å². The molecule has 6 N–H and O–H groups in total. The average molecular weight is 558 g/mol. The Balaban J connectivity index is 1.41. The maximum atomic E-state index is 13.2. The first-order valence-electron chi connectivity index (χ1n) is 14.0. The minimum Gasteiger partial charge on any atom is -0.382 e. The molecule has 41 heavy (non-hydrogen) atoms. The van der Waals surface area contributed by atoms with Crippen LogP contribution in [0.4, 0.5) is 23.3 Å². The van der Waals surface area contributed by atoms with Gasteiger partial charge in [-0.25, -0.2) is 15.0 Å². The second kappa shape index (κ2) is 11.3. The quantitative estimate of drug-likeness (QED) is 0.273. The average Bonchev–Trinajstić information content (AvgIpc) is 3.41. The van der Waals surface area contributed by atoms with Crippen LogP contribution in [0, 0.1) is 17.7 Å². The number of aryl methyl sites for hydroxylation is 1. The number of fused-ring (bicyclic) bond motifs is 2. The second-order valence-electron chi connectivity index (χ2n) is 11.7. The smallest absolute Gasteiger partial charge is 0.256 e. The Morgan fingerprint density at radius 2 is 1.95 bits per heavy atom. The highest BCUT2D eigenvalue weighted by Crippen LogP contribution is 2.30. The molecule has 2 saturated heterocycles. The maximum absolute atomic E-state index is 13.2. The van der Waals surface area contributed by atoms with Gasteiger partial charge in [-0.05, 0) is 50.1 Å². The lowest BCUT2D eigenvalue weighted by molar-refractivity contribution is 0.0963. The summed E-state index contributed by atoms with van der Waals surface area (Å²) in [5.41, 5.74) is 9.49. The Hall–Kier alpha value is -4.32. The monoisotopic (exact) mass is 557 g/mol. The molecule has 1 aromatic carbocycles. The number of hydrogen-bond donors (Lipinski definition) is 5. The number of benzene rings is 1. The van der Waals surface area contributed by atoms with Crippen LogP contribution >= 0.6 is 0 Å². The lowest BCUT2D eigenvalue weighted by Crippen LogP contribution is -2.50. The van der Waals surface area contributed by atoms with Crippen LogP contribution in [-0.2, 0) is 0 Å². The summed E-state index contributed by atoms with van der Waals surface area (Å²) in [4.78, 5) is 36.2. The summed E-state index contributed by atoms with van der Waals surface area (Å²) < 4.78 is 0. The summed E-state index contributed by atoms with van der Waals surface area (Å²) >= 11 is 0. The number of piperazine rings is 1. The molecular weight excluding hydrogens is 518 g/mol. The summed E-state index contributed by atoms with van der Waals surface area (Å²) in [6.45, 7) is 11.7. The van der Waals surface area contributed by atoms with E-state index >= 15 is 0 Å². The third kappa shape index (κ3) is 6.07. The normalized spacial score (nSPS) is 17.8. The van der Waals surface area contributed by atoms with Crippen molar-refractivity contribution >= 4 is 45.9 Å². The predicted molar refractivity (Wildman–Crippen MR) is 163 cm³/mol. The number of hydrogen-bond acceptors (Lipinski definition) is 11. The molecule has 2 aromatic heterocycles. The topological polar surface area (TPSA) is 161 Å². The summed E-state index contributed by atoms with van der Waals surface area (Å²) in [6.07, 6.45) is 5.47. The zero-order valence-corrected chi connectivity index (χ0v) is 24.4. The van der Waals surface area contributed by atoms with E-state index in [1.165, 1.54) is 19.2 Å². The van der Waals surface area contributed by atoms with Gasteiger partial charge in [-0.15, -0.1) is 0 Å². The van der Waals surface area contributed by atoms with Crippen LogP contribution in [-0.4, -0.2) is 75.7 Å². The summed E-state index contributed by atoms with van der Waals surface area (Å²) in [5, 5.41) is 17.5. The third-order valence-electron chi connectivity index (χ3n) is 7.73. The van der Waals surface area contributed by atoms with Gasteiger partial charge >= 0.3 is 0 Å². The standard InChI is InChI=1S/C29H39N11O/c1-17-8-9-18(27(41)36-22(32-5)14-21(30)29(2,3)4)13-20(17)35-26-24-23(33-16-34-26)25(31)38-28(37-24)40-12-11-39-10-6-7-19(39)15-40/h8-9,13-14,16,19,30,32H,6-7,10-12,15H2,1-5H3,(H,36,41)(H2,31,37,38)(H,33,34,35)/b22-14+,30-21?. The first-order valence-corrected chi connectivity index (χ1v) is 14.0. The first-order chi connectivity index (χ1) is 19.5. The fraction of sp³-hybridized carbons (Fsp3) is 0.448. The molecule has 0 bridgehead atoms. The number of allylic oxidation sites excluding steroid dienone is 1. The number of carbonyl (C=O) groups excluding carboxylic acids is 1. The molecular formula is C29H39N11O. The van der Waals surface area contributed by atoms with E-state index in [2.05, 4.69) is 40.7 Å². The molecule has 5 rings (SSSR count). The van der Waals surface area contributed by atoms with Gasteiger partial charge in [-0.3, -0.25) is 9.69 Å². The number of nitrogens with one attached hydrogen (secondary N) is 4. The van der Waals surface area contributed by atoms with E-state index in [0.29, 0.717) is 57.4 Å². The van der Waals surface area contributed by atoms with E-state index in [-0.39, 0.29) is 11.3 Å². The molecule has 0 radical (unpaired) electrons. The highest BCUT2D eigenvalue weighted by molar-refractivity contribution is 6.00. The van der Waals surface area contributed by atoms with E-state index in [9.17, 15) is 4.79 Å². The van der Waals surface area contributed by atoms with Crippen molar-refractivity contribution in [2.45, 2.75) is 46.6 Å². The van der Waals surface area contributed by atoms with Crippen molar-refractivity contribution in [3.8, 4) is 0 Å². The number of rotatable bonds is 7. The fourth-order valence-electron chi connectivity index (χ4n) is 5.12. The lowest BCUT2D eigenvalue weighted by atomic mass is 9.90. The van der Waals surface area contributed by atoms with Gasteiger partial charge in [-0.1, -0.05) is 26.8 Å². The van der Waals surface area contributed by atoms with Gasteiger partial charge in [0, 0.05) is 55.1 Å². The molecule has 4 heterocycles. The van der Waals surface area contributed by atoms with Crippen LogP contribution in [0.15, 0.2) is 36.4 Å². The van der Waals surface area contributed by atoms with Gasteiger partial charge < -0.3 is 32.0 Å². The third-order valence-corrected chi connectivity index (χ3v) is 7.73. The van der Waals surface area contributed by atoms with Crippen molar-refractivity contribution in [1.29, 1.82) is 5.41 Å². The first kappa shape index (κ1) is 28.2. The molecule has 2 aliphatic heterocycles. The molecule has 0 aliphatic carbocycles. The fourth-order valence-corrected chi connectivity index (χ4v) is 5.12. The van der Waals surface area contributed by atoms with E-state index in [4.69, 9.17) is 16.1 Å². The van der Waals surface area contributed by atoms with Gasteiger partial charge in [0.15, 0.2) is 11.6 Å². The van der Waals surface area contributed by atoms with Gasteiger partial charge in [-0.2, -0.15) is 4.98 Å². The minimum absolute atomic E-state index is 0.303. The van der Waals surface area contributed by atoms with Gasteiger partial charge in [0.05, 0.1) is 0 Å². The Labute approximate surface area is 240 Å². The molecule has 12 heteroatoms. The number of nitrogens with zero attached hydrogens (tertiary/aromatic N) is 6. The largest absolute Gasteiger partial charge is 0.382 e. The number of nitrogen functional groups attached to an aromatic ring is 1. The Kier molecular flexibility index (Phi) is 7.76. The SMILES string of the molecule is CN/C(=C\C(=N)C(C)(C)C)NC(=O)c1ccc(C)c(Nc2ncnc3c(N)nc(N4CCN5CCCC5C4)nc23)c1. The van der Waals surface area contributed by atoms with Gasteiger partial charge in [0.2, 0.25) is 5.95 Å². The number of nitrogens with two attached hydrogens (primary N) is 1. The van der Waals surface area contributed by atoms with Crippen molar-refractivity contribution in [1.82, 2.24) is 35.5 Å². The number of carbonyl (C=O) groups is 1. The number of anilines is 4. The van der Waals surface area contributed by atoms with E-state index in [1.54, 1.807) is 25.3 Å². The lowest BCUT2D eigenvalue weighted by Gasteiger charge is -2.37. The van der Waals surface area contributed by atoms with Crippen molar-refractivity contribution in [3.05, 3.63) is 47.6 Å². The van der Waals surface area contributed by atoms with Crippen LogP contribution < -0.4 is 26.6 Å². The molecule has 2 aliphatic rings. The maximum Gasteiger partial charge on any atom is 0.256 e. The van der Waals surface area contributed by atoms with E-state index < -0.39 is 0 Å². The number of aromatic nitrogens is 4. The van der Waals surface area contributed by atoms with Crippen molar-refractivity contribution < 1.29 is 4.79 Å². The Morgan fingerprint density at radius 1 is 1.15 bits per heavy atom. The van der Waals surface area contributed by atoms with Crippen LogP contribution in [0.25, 0.3) is 11.0 Å². The molecule has 2 fully saturated rings. The zero-order valence-electron chi connectivity index (χ0n) is 24.4. The molecule has 0 spiro atoms. The van der Waals surface area contributed by atoms with Crippen LogP contribution in [0.5, 0.6) is 0 Å². The molecule has 0 saturated carbocycles. The van der Waals surface area contributed by atoms with Gasteiger partial charge in [0.25, 0.3) is 5.91 Å². The molecule has 1 atom stereocenters. The molecule has 3 aromatic rings. The molecule has 216 valence electrons. The van der Waals surface area contributed by atoms with Crippen molar-refractivity contribution in [3.63, 3.8) is 0 Å². The molecule has 1 unspecified atom stereocenters. The van der Waals surface area contributed by atoms with E-state index in [0.717, 1.165) is 31.7 Å². The Bertz CT molecular complexity index is 1510. The molecule has 1 amide bonds. The van der Waals surface area contributed by atoms with Gasteiger partial charge in [0.1, 0.15) is 23.2 Å². The highest BCUT2D eigenvalue weighted by atomic mass is 16.1. The minimum atomic E-state index is -0.342. The van der Waals surface area contributed by atoms with Crippen LogP contribution in [0.2, 0.25) is 0 Å². The predicted octanol–water partition coefficient (Wildman–Crippen LogP) is 3.19. The second-order valence-corrected chi connectivity index (χ2v) is 11.7. The highest BCUT2D eigenvalue weighted by Gasteiger charge is 2.32. The summed E-state index contributed by atoms with van der Waals surface area (Å²) in [5.74, 6) is 1.52. The molecule has 12 nitrogen and oxygen atoms in total. The van der Waals surface area contributed by atoms with Crippen LogP contribution in [0.1, 0.15) is 49.5 Å². The summed E-state index contributed by atoms with van der Waals surface area (Å²) in [7, 11) is 1.71. The Morgan fingerprint density at radius 3 is 2.71 bits per heavy atom. The summed E-state index contributed by atoms with van der Waals surface area (Å²) in [6, 6.07) is 5.92.